The third kappa shape index (κ3) is 6.10. The van der Waals surface area contributed by atoms with E-state index >= 15 is 0 Å². The second-order valence-corrected chi connectivity index (χ2v) is 5.11. The van der Waals surface area contributed by atoms with E-state index in [1.165, 1.54) is 16.7 Å². The normalized spacial score (nSPS) is 13.6. The van der Waals surface area contributed by atoms with Crippen LogP contribution in [-0.4, -0.2) is 12.7 Å². The van der Waals surface area contributed by atoms with Crippen LogP contribution in [0.5, 0.6) is 0 Å². The molecule has 0 heterocycles. The average molecular weight is 273 g/mol. The van der Waals surface area contributed by atoms with E-state index in [2.05, 4.69) is 30.4 Å². The number of nitrogens with one attached hydrogen (secondary N) is 1. The fourth-order valence-corrected chi connectivity index (χ4v) is 2.11. The number of hydrogen-bond donors (Lipinski definition) is 1. The molecule has 0 amide bonds. The van der Waals surface area contributed by atoms with Crippen molar-refractivity contribution >= 4 is 0 Å². The molecule has 1 atom stereocenters. The average Bonchev–Trinajstić information content (AvgIpc) is 2.30. The highest BCUT2D eigenvalue weighted by atomic mass is 19.4. The summed E-state index contributed by atoms with van der Waals surface area (Å²) in [4.78, 5) is 0. The van der Waals surface area contributed by atoms with Crippen molar-refractivity contribution in [3.8, 4) is 0 Å². The minimum absolute atomic E-state index is 0.172. The molecule has 4 heteroatoms. The van der Waals surface area contributed by atoms with Gasteiger partial charge in [-0.15, -0.1) is 0 Å². The molecule has 0 spiro atoms. The zero-order chi connectivity index (χ0) is 14.5. The molecule has 0 radical (unpaired) electrons. The number of unbranched alkanes of at least 4 members (excludes halogenated alkanes) is 1. The van der Waals surface area contributed by atoms with E-state index < -0.39 is 12.6 Å². The molecule has 1 rings (SSSR count). The Labute approximate surface area is 113 Å². The van der Waals surface area contributed by atoms with Crippen LogP contribution >= 0.6 is 0 Å². The topological polar surface area (TPSA) is 12.0 Å². The van der Waals surface area contributed by atoms with Gasteiger partial charge in [-0.25, -0.2) is 0 Å². The quantitative estimate of drug-likeness (QED) is 0.742. The van der Waals surface area contributed by atoms with Gasteiger partial charge in [0.05, 0.1) is 0 Å². The third-order valence-corrected chi connectivity index (χ3v) is 3.24. The van der Waals surface area contributed by atoms with E-state index in [1.807, 2.05) is 13.8 Å². The fraction of sp³-hybridized carbons (Fsp3) is 0.600. The van der Waals surface area contributed by atoms with Crippen molar-refractivity contribution < 1.29 is 13.2 Å². The molecule has 0 saturated heterocycles. The van der Waals surface area contributed by atoms with Gasteiger partial charge in [0.1, 0.15) is 0 Å². The van der Waals surface area contributed by atoms with Gasteiger partial charge in [0, 0.05) is 12.5 Å². The standard InChI is InChI=1S/C15H22F3N/c1-11-6-7-12(2)14(10-11)13(3)19-9-5-4-8-15(16,17)18/h6-7,10,13,19H,4-5,8-9H2,1-3H3. The van der Waals surface area contributed by atoms with E-state index in [0.29, 0.717) is 13.0 Å². The van der Waals surface area contributed by atoms with Crippen molar-refractivity contribution in [2.24, 2.45) is 0 Å². The molecule has 1 nitrogen and oxygen atoms in total. The van der Waals surface area contributed by atoms with E-state index in [-0.39, 0.29) is 12.5 Å². The lowest BCUT2D eigenvalue weighted by atomic mass is 10.00. The molecule has 1 unspecified atom stereocenters. The molecule has 1 N–H and O–H groups in total. The number of alkyl halides is 3. The predicted molar refractivity (Wildman–Crippen MR) is 72.2 cm³/mol. The van der Waals surface area contributed by atoms with Crippen molar-refractivity contribution in [1.82, 2.24) is 5.32 Å². The van der Waals surface area contributed by atoms with Crippen molar-refractivity contribution in [2.45, 2.75) is 52.3 Å². The Hall–Kier alpha value is -1.03. The largest absolute Gasteiger partial charge is 0.389 e. The van der Waals surface area contributed by atoms with Gasteiger partial charge < -0.3 is 5.32 Å². The van der Waals surface area contributed by atoms with Gasteiger partial charge in [0.25, 0.3) is 0 Å². The van der Waals surface area contributed by atoms with E-state index in [4.69, 9.17) is 0 Å². The summed E-state index contributed by atoms with van der Waals surface area (Å²) >= 11 is 0. The number of rotatable bonds is 6. The van der Waals surface area contributed by atoms with Crippen LogP contribution in [0.2, 0.25) is 0 Å². The Morgan fingerprint density at radius 1 is 1.16 bits per heavy atom. The van der Waals surface area contributed by atoms with Crippen LogP contribution in [0, 0.1) is 13.8 Å². The number of benzene rings is 1. The zero-order valence-corrected chi connectivity index (χ0v) is 11.8. The summed E-state index contributed by atoms with van der Waals surface area (Å²) in [7, 11) is 0. The van der Waals surface area contributed by atoms with Crippen LogP contribution < -0.4 is 5.32 Å². The van der Waals surface area contributed by atoms with Gasteiger partial charge >= 0.3 is 6.18 Å². The summed E-state index contributed by atoms with van der Waals surface area (Å²) in [5.41, 5.74) is 3.63. The second-order valence-electron chi connectivity index (χ2n) is 5.11. The minimum Gasteiger partial charge on any atom is -0.310 e. The summed E-state index contributed by atoms with van der Waals surface area (Å²) in [5.74, 6) is 0. The highest BCUT2D eigenvalue weighted by Crippen LogP contribution is 2.22. The maximum Gasteiger partial charge on any atom is 0.389 e. The molecule has 1 aromatic rings. The maximum atomic E-state index is 12.0. The van der Waals surface area contributed by atoms with Gasteiger partial charge in [-0.2, -0.15) is 13.2 Å². The summed E-state index contributed by atoms with van der Waals surface area (Å²) < 4.78 is 36.0. The van der Waals surface area contributed by atoms with Gasteiger partial charge in [-0.3, -0.25) is 0 Å². The third-order valence-electron chi connectivity index (χ3n) is 3.24. The molecule has 0 aliphatic heterocycles. The molecule has 0 aliphatic carbocycles. The lowest BCUT2D eigenvalue weighted by Crippen LogP contribution is -2.21. The van der Waals surface area contributed by atoms with Gasteiger partial charge in [0.15, 0.2) is 0 Å². The summed E-state index contributed by atoms with van der Waals surface area (Å²) in [6.07, 6.45) is -3.98. The number of halogens is 3. The highest BCUT2D eigenvalue weighted by molar-refractivity contribution is 5.32. The SMILES string of the molecule is Cc1ccc(C)c(C(C)NCCCCC(F)(F)F)c1. The molecule has 1 aromatic carbocycles. The van der Waals surface area contributed by atoms with Crippen LogP contribution in [0.25, 0.3) is 0 Å². The predicted octanol–water partition coefficient (Wildman–Crippen LogP) is 4.69. The van der Waals surface area contributed by atoms with Crippen LogP contribution in [-0.2, 0) is 0 Å². The van der Waals surface area contributed by atoms with Crippen LogP contribution in [0.4, 0.5) is 13.2 Å². The van der Waals surface area contributed by atoms with Gasteiger partial charge in [0.2, 0.25) is 0 Å². The first-order chi connectivity index (χ1) is 8.79. The molecule has 0 fully saturated rings. The second kappa shape index (κ2) is 6.94. The first-order valence-corrected chi connectivity index (χ1v) is 6.67. The lowest BCUT2D eigenvalue weighted by Gasteiger charge is -2.17. The zero-order valence-electron chi connectivity index (χ0n) is 11.8. The first-order valence-electron chi connectivity index (χ1n) is 6.67. The van der Waals surface area contributed by atoms with Crippen LogP contribution in [0.1, 0.15) is 48.9 Å². The molecule has 0 saturated carbocycles. The Morgan fingerprint density at radius 3 is 2.47 bits per heavy atom. The molecular formula is C15H22F3N. The first kappa shape index (κ1) is 16.0. The number of hydrogen-bond acceptors (Lipinski definition) is 1. The summed E-state index contributed by atoms with van der Waals surface area (Å²) in [5, 5.41) is 3.29. The van der Waals surface area contributed by atoms with Gasteiger partial charge in [-0.1, -0.05) is 23.8 Å². The van der Waals surface area contributed by atoms with Crippen LogP contribution in [0.15, 0.2) is 18.2 Å². The molecule has 0 bridgehead atoms. The van der Waals surface area contributed by atoms with Crippen LogP contribution in [0.3, 0.4) is 0 Å². The van der Waals surface area contributed by atoms with Crippen molar-refractivity contribution in [1.29, 1.82) is 0 Å². The smallest absolute Gasteiger partial charge is 0.310 e. The lowest BCUT2D eigenvalue weighted by molar-refractivity contribution is -0.135. The summed E-state index contributed by atoms with van der Waals surface area (Å²) in [6.45, 7) is 6.76. The molecular weight excluding hydrogens is 251 g/mol. The molecule has 19 heavy (non-hydrogen) atoms. The fourth-order valence-electron chi connectivity index (χ4n) is 2.11. The summed E-state index contributed by atoms with van der Waals surface area (Å²) in [6, 6.07) is 6.44. The van der Waals surface area contributed by atoms with E-state index in [1.54, 1.807) is 0 Å². The molecule has 108 valence electrons. The molecule has 0 aliphatic rings. The monoisotopic (exact) mass is 273 g/mol. The van der Waals surface area contributed by atoms with E-state index in [0.717, 1.165) is 0 Å². The Kier molecular flexibility index (Phi) is 5.85. The molecule has 0 aromatic heterocycles. The van der Waals surface area contributed by atoms with Crippen molar-refractivity contribution in [3.05, 3.63) is 34.9 Å². The number of aryl methyl sites for hydroxylation is 2. The maximum absolute atomic E-state index is 12.0. The van der Waals surface area contributed by atoms with Crippen molar-refractivity contribution in [2.75, 3.05) is 6.54 Å². The Balaban J connectivity index is 2.35. The Morgan fingerprint density at radius 2 is 1.84 bits per heavy atom. The highest BCUT2D eigenvalue weighted by Gasteiger charge is 2.25. The Bertz CT molecular complexity index is 399. The van der Waals surface area contributed by atoms with E-state index in [9.17, 15) is 13.2 Å². The van der Waals surface area contributed by atoms with Crippen molar-refractivity contribution in [3.63, 3.8) is 0 Å². The minimum atomic E-state index is -4.03. The van der Waals surface area contributed by atoms with Gasteiger partial charge in [-0.05, 0) is 51.3 Å².